The Balaban J connectivity index is 0.00000420. The number of halogens is 1. The Morgan fingerprint density at radius 1 is 1.23 bits per heavy atom. The van der Waals surface area contributed by atoms with Crippen molar-refractivity contribution in [3.05, 3.63) is 11.6 Å². The first kappa shape index (κ1) is 34.1. The Kier molecular flexibility index (Phi) is 12.2. The highest BCUT2D eigenvalue weighted by atomic mass is 127. The normalized spacial score (nSPS) is 38.8. The summed E-state index contributed by atoms with van der Waals surface area (Å²) in [6.45, 7) is 14.0. The lowest BCUT2D eigenvalue weighted by Gasteiger charge is -2.58. The van der Waals surface area contributed by atoms with Crippen molar-refractivity contribution in [3.8, 4) is 0 Å². The van der Waals surface area contributed by atoms with Gasteiger partial charge in [0.05, 0.1) is 26.1 Å². The average Bonchev–Trinajstić information content (AvgIpc) is 3.11. The van der Waals surface area contributed by atoms with E-state index in [2.05, 4.69) is 48.1 Å². The van der Waals surface area contributed by atoms with Crippen molar-refractivity contribution in [1.29, 1.82) is 0 Å². The molecule has 0 aliphatic heterocycles. The number of aliphatic hydroxyl groups excluding tert-OH is 1. The summed E-state index contributed by atoms with van der Waals surface area (Å²) >= 11 is 2.30. The molecule has 4 nitrogen and oxygen atoms in total. The third-order valence-corrected chi connectivity index (χ3v) is 13.6. The predicted octanol–water partition coefficient (Wildman–Crippen LogP) is 9.93. The Morgan fingerprint density at radius 2 is 1.97 bits per heavy atom. The molecule has 4 aliphatic carbocycles. The van der Waals surface area contributed by atoms with Crippen LogP contribution in [-0.4, -0.2) is 29.9 Å². The van der Waals surface area contributed by atoms with Crippen LogP contribution >= 0.6 is 37.8 Å². The molecule has 10 unspecified atom stereocenters. The Labute approximate surface area is 257 Å². The smallest absolute Gasteiger partial charge is 0.311 e. The molecule has 0 aromatic carbocycles. The molecule has 226 valence electrons. The number of aliphatic hydroxyl groups is 1. The first-order chi connectivity index (χ1) is 17.9. The van der Waals surface area contributed by atoms with Gasteiger partial charge >= 0.3 is 5.97 Å². The van der Waals surface area contributed by atoms with Gasteiger partial charge in [-0.15, -0.1) is 0 Å². The highest BCUT2D eigenvalue weighted by molar-refractivity contribution is 14.2. The van der Waals surface area contributed by atoms with Gasteiger partial charge in [0.1, 0.15) is 6.10 Å². The predicted molar refractivity (Wildman–Crippen MR) is 176 cm³/mol. The fraction of sp³-hybridized carbons (Fsp3) is 0.906. The van der Waals surface area contributed by atoms with Crippen LogP contribution in [0.3, 0.4) is 0 Å². The molecule has 0 aromatic heterocycles. The van der Waals surface area contributed by atoms with E-state index < -0.39 is 5.41 Å². The minimum Gasteiger partial charge on any atom is -0.462 e. The average molecular weight is 695 g/mol. The Bertz CT molecular complexity index is 862. The summed E-state index contributed by atoms with van der Waals surface area (Å²) < 4.78 is 11.7. The summed E-state index contributed by atoms with van der Waals surface area (Å²) in [6, 6.07) is 0. The maximum atomic E-state index is 12.5. The second-order valence-electron chi connectivity index (χ2n) is 14.6. The lowest BCUT2D eigenvalue weighted by molar-refractivity contribution is -0.161. The largest absolute Gasteiger partial charge is 0.462 e. The number of carbonyl (C=O) groups is 1. The molecule has 0 bridgehead atoms. The van der Waals surface area contributed by atoms with Crippen molar-refractivity contribution in [2.75, 3.05) is 6.61 Å². The highest BCUT2D eigenvalue weighted by Gasteiger charge is 2.60. The number of allylic oxidation sites excluding steroid dienone is 1. The topological polar surface area (TPSA) is 55.8 Å². The van der Waals surface area contributed by atoms with E-state index in [0.717, 1.165) is 38.7 Å². The van der Waals surface area contributed by atoms with Crippen LogP contribution in [0.4, 0.5) is 0 Å². The molecule has 4 aliphatic rings. The van der Waals surface area contributed by atoms with Gasteiger partial charge < -0.3 is 14.4 Å². The molecule has 0 radical (unpaired) electrons. The molecule has 0 amide bonds. The number of fused-ring (bicyclic) bond motifs is 5. The van der Waals surface area contributed by atoms with E-state index in [0.29, 0.717) is 37.6 Å². The van der Waals surface area contributed by atoms with E-state index in [4.69, 9.17) is 9.26 Å². The van der Waals surface area contributed by atoms with Crippen LogP contribution in [-0.2, 0) is 14.1 Å². The monoisotopic (exact) mass is 694 g/mol. The number of hydrogen-bond donors (Lipinski definition) is 1. The van der Waals surface area contributed by atoms with Gasteiger partial charge in [0.2, 0.25) is 0 Å². The fourth-order valence-electron chi connectivity index (χ4n) is 8.83. The molecule has 3 saturated carbocycles. The number of ether oxygens (including phenoxy) is 1. The van der Waals surface area contributed by atoms with E-state index in [9.17, 15) is 9.90 Å². The van der Waals surface area contributed by atoms with Crippen molar-refractivity contribution < 1.29 is 19.2 Å². The second kappa shape index (κ2) is 14.0. The van der Waals surface area contributed by atoms with Crippen LogP contribution in [0.25, 0.3) is 0 Å². The number of unbranched alkanes of at least 4 members (excludes halogenated alkanes) is 1. The summed E-state index contributed by atoms with van der Waals surface area (Å²) in [5, 5.41) is 11.3. The molecule has 10 atom stereocenters. The second-order valence-corrected chi connectivity index (χ2v) is 20.1. The summed E-state index contributed by atoms with van der Waals surface area (Å²) in [5.41, 5.74) is 1.61. The first-order valence-electron chi connectivity index (χ1n) is 15.1. The fourth-order valence-corrected chi connectivity index (χ4v) is 10.7. The van der Waals surface area contributed by atoms with E-state index in [-0.39, 0.29) is 36.4 Å². The van der Waals surface area contributed by atoms with E-state index >= 15 is 0 Å². The number of hydrogen-bond acceptors (Lipinski definition) is 5. The summed E-state index contributed by atoms with van der Waals surface area (Å²) in [7, 11) is 2.29. The van der Waals surface area contributed by atoms with Crippen molar-refractivity contribution >= 4 is 43.7 Å². The number of esters is 1. The van der Waals surface area contributed by atoms with Crippen LogP contribution in [0.15, 0.2) is 11.6 Å². The maximum Gasteiger partial charge on any atom is 0.311 e. The van der Waals surface area contributed by atoms with Gasteiger partial charge in [0.15, 0.2) is 0 Å². The quantitative estimate of drug-likeness (QED) is 0.0812. The zero-order chi connectivity index (χ0) is 27.7. The number of rotatable bonds is 10. The molecule has 0 heterocycles. The minimum absolute atomic E-state index is 0. The van der Waals surface area contributed by atoms with Gasteiger partial charge in [0.25, 0.3) is 0 Å². The van der Waals surface area contributed by atoms with Gasteiger partial charge in [-0.3, -0.25) is 4.79 Å². The van der Waals surface area contributed by atoms with Crippen LogP contribution < -0.4 is 0 Å². The molecule has 0 saturated heterocycles. The minimum atomic E-state index is -0.443. The van der Waals surface area contributed by atoms with E-state index in [1.54, 1.807) is 14.1 Å². The van der Waals surface area contributed by atoms with Crippen molar-refractivity contribution in [1.82, 2.24) is 0 Å². The van der Waals surface area contributed by atoms with Crippen LogP contribution in [0.2, 0.25) is 0 Å². The first-order valence-corrected chi connectivity index (χ1v) is 20.1. The molecule has 0 spiro atoms. The molecule has 1 N–H and O–H groups in total. The van der Waals surface area contributed by atoms with Gasteiger partial charge in [-0.2, -0.15) is 0 Å². The number of carbonyl (C=O) groups excluding carboxylic acids is 1. The Morgan fingerprint density at radius 3 is 2.67 bits per heavy atom. The van der Waals surface area contributed by atoms with Crippen LogP contribution in [0.1, 0.15) is 120 Å². The van der Waals surface area contributed by atoms with Crippen LogP contribution in [0, 0.1) is 45.8 Å². The summed E-state index contributed by atoms with van der Waals surface area (Å²) in [6.07, 6.45) is 15.0. The summed E-state index contributed by atoms with van der Waals surface area (Å²) in [4.78, 5) is 12.5. The van der Waals surface area contributed by atoms with Crippen molar-refractivity contribution in [2.24, 2.45) is 45.8 Å². The standard InChI is InChI=1S/C31H52IO4PS.CH4/c1-20(19-35-37-38-32)9-7-8-10-25-27(33)18-26-23-12-11-21-17-22(36-28(34)29(2,3)4)13-15-30(21,5)24(23)14-16-31(25,26)6;/h11,20,22-27,33,37H,7-10,12-19H2,1-6H3;1H4. The Hall–Kier alpha value is 0.640. The molecule has 3 fully saturated rings. The third-order valence-electron chi connectivity index (χ3n) is 11.1. The molecule has 4 rings (SSSR count). The lowest BCUT2D eigenvalue weighted by atomic mass is 9.47. The summed E-state index contributed by atoms with van der Waals surface area (Å²) in [5.74, 6) is 3.01. The van der Waals surface area contributed by atoms with Gasteiger partial charge in [0, 0.05) is 27.6 Å². The van der Waals surface area contributed by atoms with E-state index in [1.165, 1.54) is 38.5 Å². The molecule has 39 heavy (non-hydrogen) atoms. The van der Waals surface area contributed by atoms with Gasteiger partial charge in [-0.25, -0.2) is 0 Å². The zero-order valence-electron chi connectivity index (χ0n) is 24.6. The van der Waals surface area contributed by atoms with Crippen molar-refractivity contribution in [3.63, 3.8) is 0 Å². The SMILES string of the molecule is C.CC(CCCCC1C(O)CC2C3CC=C4CC(OC(=O)C(C)(C)C)CCC4(C)C3CCC12C)COPSI. The highest BCUT2D eigenvalue weighted by Crippen LogP contribution is 2.67. The lowest BCUT2D eigenvalue weighted by Crippen LogP contribution is -2.50. The van der Waals surface area contributed by atoms with Crippen molar-refractivity contribution in [2.45, 2.75) is 132 Å². The van der Waals surface area contributed by atoms with E-state index in [1.807, 2.05) is 20.8 Å². The van der Waals surface area contributed by atoms with Gasteiger partial charge in [-0.05, 0) is 121 Å². The molecule has 0 aromatic rings. The third kappa shape index (κ3) is 7.42. The molecular formula is C32H56IO4PS. The maximum absolute atomic E-state index is 12.5. The zero-order valence-corrected chi connectivity index (χ0v) is 28.5. The molecular weight excluding hydrogens is 638 g/mol. The van der Waals surface area contributed by atoms with Gasteiger partial charge in [-0.1, -0.05) is 52.7 Å². The van der Waals surface area contributed by atoms with Crippen LogP contribution in [0.5, 0.6) is 0 Å². The molecule has 7 heteroatoms.